The van der Waals surface area contributed by atoms with Crippen molar-refractivity contribution in [1.82, 2.24) is 0 Å². The molecule has 1 aliphatic carbocycles. The minimum absolute atomic E-state index is 0.298. The number of ether oxygens (including phenoxy) is 5. The van der Waals surface area contributed by atoms with Gasteiger partial charge < -0.3 is 28.8 Å². The fourth-order valence-corrected chi connectivity index (χ4v) is 3.60. The van der Waals surface area contributed by atoms with E-state index in [4.69, 9.17) is 23.7 Å². The summed E-state index contributed by atoms with van der Waals surface area (Å²) < 4.78 is 29.8. The lowest BCUT2D eigenvalue weighted by atomic mass is 9.85. The Kier molecular flexibility index (Phi) is 4.29. The largest absolute Gasteiger partial charge is 0.387 e. The van der Waals surface area contributed by atoms with Crippen molar-refractivity contribution in [2.75, 3.05) is 6.61 Å². The number of unbranched alkanes of at least 4 members (excludes halogenated alkanes) is 1. The minimum atomic E-state index is -0.787. The molecule has 2 unspecified atom stereocenters. The summed E-state index contributed by atoms with van der Waals surface area (Å²) in [4.78, 5) is 0. The zero-order valence-electron chi connectivity index (χ0n) is 14.1. The molecule has 22 heavy (non-hydrogen) atoms. The van der Waals surface area contributed by atoms with Gasteiger partial charge >= 0.3 is 0 Å². The van der Waals surface area contributed by atoms with Crippen molar-refractivity contribution < 1.29 is 28.8 Å². The van der Waals surface area contributed by atoms with E-state index in [1.54, 1.807) is 0 Å². The molecule has 2 aliphatic heterocycles. The first-order valence-electron chi connectivity index (χ1n) is 8.25. The molecule has 0 aromatic heterocycles. The van der Waals surface area contributed by atoms with Crippen LogP contribution in [0.5, 0.6) is 0 Å². The lowest BCUT2D eigenvalue weighted by molar-refractivity contribution is -0.188. The first-order chi connectivity index (χ1) is 10.2. The van der Waals surface area contributed by atoms with E-state index in [1.165, 1.54) is 0 Å². The second-order valence-electron chi connectivity index (χ2n) is 7.31. The van der Waals surface area contributed by atoms with E-state index in [2.05, 4.69) is 6.92 Å². The van der Waals surface area contributed by atoms with Gasteiger partial charge in [0.15, 0.2) is 11.6 Å². The van der Waals surface area contributed by atoms with Crippen LogP contribution in [-0.2, 0) is 23.7 Å². The van der Waals surface area contributed by atoms with E-state index in [9.17, 15) is 5.11 Å². The van der Waals surface area contributed by atoms with Crippen LogP contribution in [0.1, 0.15) is 47.5 Å². The smallest absolute Gasteiger partial charge is 0.164 e. The molecule has 1 saturated carbocycles. The van der Waals surface area contributed by atoms with Crippen LogP contribution in [0.2, 0.25) is 0 Å². The fraction of sp³-hybridized carbons (Fsp3) is 1.00. The molecule has 0 spiro atoms. The van der Waals surface area contributed by atoms with Crippen molar-refractivity contribution in [3.05, 3.63) is 0 Å². The number of aliphatic hydroxyl groups is 1. The third-order valence-electron chi connectivity index (χ3n) is 4.46. The Morgan fingerprint density at radius 2 is 1.32 bits per heavy atom. The van der Waals surface area contributed by atoms with Gasteiger partial charge in [-0.2, -0.15) is 0 Å². The van der Waals surface area contributed by atoms with Gasteiger partial charge in [-0.15, -0.1) is 0 Å². The second-order valence-corrected chi connectivity index (χ2v) is 7.31. The van der Waals surface area contributed by atoms with Crippen LogP contribution in [0.15, 0.2) is 0 Å². The molecule has 0 radical (unpaired) electrons. The molecule has 2 saturated heterocycles. The monoisotopic (exact) mass is 316 g/mol. The number of fused-ring (bicyclic) bond motifs is 2. The van der Waals surface area contributed by atoms with Crippen LogP contribution in [0.4, 0.5) is 0 Å². The third kappa shape index (κ3) is 2.92. The predicted octanol–water partition coefficient (Wildman–Crippen LogP) is 1.59. The summed E-state index contributed by atoms with van der Waals surface area (Å²) >= 11 is 0. The molecule has 1 N–H and O–H groups in total. The summed E-state index contributed by atoms with van der Waals surface area (Å²) in [7, 11) is 0. The Morgan fingerprint density at radius 3 is 1.77 bits per heavy atom. The summed E-state index contributed by atoms with van der Waals surface area (Å²) in [6.07, 6.45) is -0.661. The summed E-state index contributed by atoms with van der Waals surface area (Å²) in [6.45, 7) is 10.2. The molecular weight excluding hydrogens is 288 g/mol. The molecule has 6 atom stereocenters. The predicted molar refractivity (Wildman–Crippen MR) is 78.3 cm³/mol. The fourth-order valence-electron chi connectivity index (χ4n) is 3.60. The van der Waals surface area contributed by atoms with Crippen molar-refractivity contribution >= 4 is 0 Å². The van der Waals surface area contributed by atoms with Gasteiger partial charge in [-0.3, -0.25) is 0 Å². The SMILES string of the molecule is CCCCOC1[C@H]2OC(C)(C)O[C@H]2C(O)[C@@H]2OC(C)(C)O[C@@H]12. The highest BCUT2D eigenvalue weighted by Crippen LogP contribution is 2.45. The van der Waals surface area contributed by atoms with Gasteiger partial charge in [0.1, 0.15) is 36.6 Å². The second kappa shape index (κ2) is 5.69. The lowest BCUT2D eigenvalue weighted by Gasteiger charge is -2.40. The highest BCUT2D eigenvalue weighted by atomic mass is 16.8. The molecule has 2 heterocycles. The van der Waals surface area contributed by atoms with Crippen molar-refractivity contribution in [2.24, 2.45) is 0 Å². The third-order valence-corrected chi connectivity index (χ3v) is 4.46. The van der Waals surface area contributed by atoms with Crippen LogP contribution in [-0.4, -0.2) is 59.9 Å². The molecule has 0 amide bonds. The Morgan fingerprint density at radius 1 is 0.864 bits per heavy atom. The van der Waals surface area contributed by atoms with Gasteiger partial charge in [-0.25, -0.2) is 0 Å². The van der Waals surface area contributed by atoms with Crippen LogP contribution < -0.4 is 0 Å². The molecule has 0 aromatic carbocycles. The van der Waals surface area contributed by atoms with Crippen LogP contribution >= 0.6 is 0 Å². The Bertz CT molecular complexity index is 377. The summed E-state index contributed by atoms with van der Waals surface area (Å²) in [5.74, 6) is -1.48. The van der Waals surface area contributed by atoms with E-state index in [0.29, 0.717) is 6.61 Å². The Hall–Kier alpha value is -0.240. The molecule has 3 rings (SSSR count). The van der Waals surface area contributed by atoms with Gasteiger partial charge in [-0.05, 0) is 34.1 Å². The highest BCUT2D eigenvalue weighted by Gasteiger charge is 2.63. The van der Waals surface area contributed by atoms with E-state index in [0.717, 1.165) is 12.8 Å². The first-order valence-corrected chi connectivity index (χ1v) is 8.25. The maximum atomic E-state index is 10.6. The van der Waals surface area contributed by atoms with Crippen LogP contribution in [0.3, 0.4) is 0 Å². The highest BCUT2D eigenvalue weighted by molar-refractivity contribution is 5.08. The van der Waals surface area contributed by atoms with E-state index < -0.39 is 29.9 Å². The van der Waals surface area contributed by atoms with Gasteiger partial charge in [0.2, 0.25) is 0 Å². The summed E-state index contributed by atoms with van der Waals surface area (Å²) in [5.41, 5.74) is 0. The molecule has 3 aliphatic rings. The molecular formula is C16H28O6. The molecule has 6 nitrogen and oxygen atoms in total. The molecule has 0 bridgehead atoms. The van der Waals surface area contributed by atoms with Crippen LogP contribution in [0, 0.1) is 0 Å². The van der Waals surface area contributed by atoms with E-state index in [-0.39, 0.29) is 18.3 Å². The summed E-state index contributed by atoms with van der Waals surface area (Å²) in [5, 5.41) is 10.6. The molecule has 0 aromatic rings. The normalized spacial score (nSPS) is 45.5. The Labute approximate surface area is 132 Å². The average Bonchev–Trinajstić information content (AvgIpc) is 2.90. The van der Waals surface area contributed by atoms with E-state index in [1.807, 2.05) is 27.7 Å². The molecule has 3 fully saturated rings. The standard InChI is InChI=1S/C16H28O6/c1-6-7-8-18-12-13-10(19-15(2,3)21-13)9(17)11-14(12)22-16(4,5)20-11/h9-14,17H,6-8H2,1-5H3/t9?,10-,11-,12?,13-,14+/m0/s1. The Balaban J connectivity index is 1.83. The number of hydrogen-bond acceptors (Lipinski definition) is 6. The van der Waals surface area contributed by atoms with Crippen LogP contribution in [0.25, 0.3) is 0 Å². The zero-order chi connectivity index (χ0) is 16.1. The lowest BCUT2D eigenvalue weighted by Crippen LogP contribution is -2.62. The van der Waals surface area contributed by atoms with Gasteiger partial charge in [0.25, 0.3) is 0 Å². The van der Waals surface area contributed by atoms with E-state index >= 15 is 0 Å². The van der Waals surface area contributed by atoms with Crippen molar-refractivity contribution in [3.8, 4) is 0 Å². The maximum absolute atomic E-state index is 10.6. The van der Waals surface area contributed by atoms with Crippen molar-refractivity contribution in [1.29, 1.82) is 0 Å². The first kappa shape index (κ1) is 16.6. The van der Waals surface area contributed by atoms with Gasteiger partial charge in [-0.1, -0.05) is 13.3 Å². The summed E-state index contributed by atoms with van der Waals surface area (Å²) in [6, 6.07) is 0. The zero-order valence-corrected chi connectivity index (χ0v) is 14.1. The number of rotatable bonds is 4. The quantitative estimate of drug-likeness (QED) is 0.795. The topological polar surface area (TPSA) is 66.4 Å². The van der Waals surface area contributed by atoms with Gasteiger partial charge in [0.05, 0.1) is 0 Å². The van der Waals surface area contributed by atoms with Crippen molar-refractivity contribution in [2.45, 2.75) is 95.7 Å². The maximum Gasteiger partial charge on any atom is 0.164 e. The number of aliphatic hydroxyl groups excluding tert-OH is 1. The number of hydrogen-bond donors (Lipinski definition) is 1. The molecule has 6 heteroatoms. The average molecular weight is 316 g/mol. The molecule has 128 valence electrons. The van der Waals surface area contributed by atoms with Gasteiger partial charge in [0, 0.05) is 6.61 Å². The van der Waals surface area contributed by atoms with Crippen molar-refractivity contribution in [3.63, 3.8) is 0 Å². The minimum Gasteiger partial charge on any atom is -0.387 e.